The average molecular weight is 449 g/mol. The molecular formula is C20H31F3N4O2S. The van der Waals surface area contributed by atoms with Crippen LogP contribution in [0, 0.1) is 5.92 Å². The normalized spacial score (nSPS) is 17.1. The van der Waals surface area contributed by atoms with Crippen LogP contribution >= 0.6 is 0 Å². The summed E-state index contributed by atoms with van der Waals surface area (Å²) in [4.78, 5) is 4.16. The van der Waals surface area contributed by atoms with E-state index >= 15 is 0 Å². The smallest absolute Gasteiger partial charge is 0.356 e. The fourth-order valence-corrected chi connectivity index (χ4v) is 4.43. The maximum Gasteiger partial charge on any atom is 0.511 e. The summed E-state index contributed by atoms with van der Waals surface area (Å²) in [5.41, 5.74) is -3.89. The van der Waals surface area contributed by atoms with Crippen molar-refractivity contribution in [3.63, 3.8) is 0 Å². The molecule has 0 aromatic heterocycles. The van der Waals surface area contributed by atoms with E-state index < -0.39 is 15.5 Å². The molecule has 1 aliphatic heterocycles. The number of hydrogen-bond acceptors (Lipinski definition) is 3. The first-order chi connectivity index (χ1) is 14.2. The molecule has 0 aliphatic carbocycles. The van der Waals surface area contributed by atoms with Crippen molar-refractivity contribution < 1.29 is 21.6 Å². The van der Waals surface area contributed by atoms with E-state index in [1.807, 2.05) is 18.2 Å². The third-order valence-electron chi connectivity index (χ3n) is 5.27. The van der Waals surface area contributed by atoms with Gasteiger partial charge >= 0.3 is 15.5 Å². The van der Waals surface area contributed by atoms with Crippen molar-refractivity contribution in [3.8, 4) is 0 Å². The minimum Gasteiger partial charge on any atom is -0.356 e. The second-order valence-electron chi connectivity index (χ2n) is 7.47. The van der Waals surface area contributed by atoms with E-state index in [-0.39, 0.29) is 19.0 Å². The zero-order chi connectivity index (χ0) is 22.0. The summed E-state index contributed by atoms with van der Waals surface area (Å²) in [6.45, 7) is 1.12. The van der Waals surface area contributed by atoms with Crippen LogP contribution in [-0.2, 0) is 16.4 Å². The number of nitrogens with zero attached hydrogens (tertiary/aromatic N) is 2. The van der Waals surface area contributed by atoms with E-state index in [4.69, 9.17) is 0 Å². The Kier molecular flexibility index (Phi) is 9.41. The molecule has 1 aliphatic rings. The van der Waals surface area contributed by atoms with Crippen LogP contribution in [0.4, 0.5) is 13.2 Å². The lowest BCUT2D eigenvalue weighted by molar-refractivity contribution is -0.0496. The minimum absolute atomic E-state index is 0.106. The monoisotopic (exact) mass is 448 g/mol. The second kappa shape index (κ2) is 11.5. The number of alkyl halides is 3. The molecule has 0 amide bonds. The number of halogens is 3. The topological polar surface area (TPSA) is 73.8 Å². The van der Waals surface area contributed by atoms with Crippen LogP contribution in [0.15, 0.2) is 35.3 Å². The molecule has 0 bridgehead atoms. The summed E-state index contributed by atoms with van der Waals surface area (Å²) >= 11 is 0. The molecule has 0 radical (unpaired) electrons. The summed E-state index contributed by atoms with van der Waals surface area (Å²) in [5.74, 6) is 0.762. The zero-order valence-corrected chi connectivity index (χ0v) is 18.1. The Balaban J connectivity index is 1.60. The standard InChI is InChI=1S/C20H31F3N4O2S/c1-24-19(25-13-7-3-6-10-17-8-4-2-5-9-17)26-16-18-11-14-27(15-12-18)30(28,29)20(21,22)23/h2,4-5,8-9,18H,3,6-7,10-16H2,1H3,(H2,24,25,26). The lowest BCUT2D eigenvalue weighted by Crippen LogP contribution is -2.47. The van der Waals surface area contributed by atoms with Gasteiger partial charge in [0.05, 0.1) is 0 Å². The molecular weight excluding hydrogens is 417 g/mol. The molecule has 6 nitrogen and oxygen atoms in total. The van der Waals surface area contributed by atoms with Gasteiger partial charge in [0.25, 0.3) is 0 Å². The molecule has 1 fully saturated rings. The highest BCUT2D eigenvalue weighted by Crippen LogP contribution is 2.30. The largest absolute Gasteiger partial charge is 0.511 e. The number of sulfonamides is 1. The van der Waals surface area contributed by atoms with Crippen molar-refractivity contribution in [2.75, 3.05) is 33.2 Å². The molecule has 1 heterocycles. The molecule has 10 heteroatoms. The van der Waals surface area contributed by atoms with Gasteiger partial charge in [-0.1, -0.05) is 36.8 Å². The number of aryl methyl sites for hydroxylation is 1. The van der Waals surface area contributed by atoms with Gasteiger partial charge in [-0.15, -0.1) is 0 Å². The van der Waals surface area contributed by atoms with Crippen LogP contribution in [0.25, 0.3) is 0 Å². The van der Waals surface area contributed by atoms with E-state index in [0.717, 1.165) is 32.2 Å². The van der Waals surface area contributed by atoms with E-state index in [1.54, 1.807) is 7.05 Å². The number of benzene rings is 1. The molecule has 0 saturated carbocycles. The Morgan fingerprint density at radius 3 is 2.37 bits per heavy atom. The molecule has 2 rings (SSSR count). The van der Waals surface area contributed by atoms with E-state index in [9.17, 15) is 21.6 Å². The molecule has 30 heavy (non-hydrogen) atoms. The molecule has 1 aromatic rings. The number of hydrogen-bond donors (Lipinski definition) is 2. The Morgan fingerprint density at radius 2 is 1.77 bits per heavy atom. The quantitative estimate of drug-likeness (QED) is 0.346. The van der Waals surface area contributed by atoms with E-state index in [0.29, 0.717) is 29.7 Å². The Labute approximate surface area is 177 Å². The molecule has 1 aromatic carbocycles. The fraction of sp³-hybridized carbons (Fsp3) is 0.650. The summed E-state index contributed by atoms with van der Waals surface area (Å²) in [6.07, 6.45) is 5.08. The first kappa shape index (κ1) is 24.5. The average Bonchev–Trinajstić information content (AvgIpc) is 2.73. The highest BCUT2D eigenvalue weighted by Gasteiger charge is 2.50. The number of aliphatic imine (C=N–C) groups is 1. The maximum atomic E-state index is 12.6. The van der Waals surface area contributed by atoms with Gasteiger partial charge in [0.1, 0.15) is 0 Å². The first-order valence-electron chi connectivity index (χ1n) is 10.3. The van der Waals surface area contributed by atoms with Gasteiger partial charge in [0.15, 0.2) is 5.96 Å². The van der Waals surface area contributed by atoms with E-state index in [2.05, 4.69) is 27.8 Å². The number of unbranched alkanes of at least 4 members (excludes halogenated alkanes) is 2. The first-order valence-corrected chi connectivity index (χ1v) is 11.7. The summed E-state index contributed by atoms with van der Waals surface area (Å²) in [7, 11) is -3.55. The number of guanidine groups is 1. The molecule has 1 saturated heterocycles. The second-order valence-corrected chi connectivity index (χ2v) is 9.40. The van der Waals surface area contributed by atoms with Crippen LogP contribution < -0.4 is 10.6 Å². The third-order valence-corrected chi connectivity index (χ3v) is 6.90. The SMILES string of the molecule is CN=C(NCCCCCc1ccccc1)NCC1CCN(S(=O)(=O)C(F)(F)F)CC1. The number of piperidine rings is 1. The van der Waals surface area contributed by atoms with E-state index in [1.165, 1.54) is 5.56 Å². The van der Waals surface area contributed by atoms with Crippen LogP contribution in [0.3, 0.4) is 0 Å². The third kappa shape index (κ3) is 7.46. The van der Waals surface area contributed by atoms with Crippen molar-refractivity contribution in [2.24, 2.45) is 10.9 Å². The summed E-state index contributed by atoms with van der Waals surface area (Å²) in [6, 6.07) is 10.4. The molecule has 0 atom stereocenters. The van der Waals surface area contributed by atoms with Crippen LogP contribution in [0.2, 0.25) is 0 Å². The van der Waals surface area contributed by atoms with Crippen molar-refractivity contribution >= 4 is 16.0 Å². The van der Waals surface area contributed by atoms with Gasteiger partial charge in [-0.2, -0.15) is 17.5 Å². The molecule has 0 unspecified atom stereocenters. The van der Waals surface area contributed by atoms with Gasteiger partial charge in [-0.05, 0) is 43.6 Å². The Hall–Kier alpha value is -1.81. The van der Waals surface area contributed by atoms with Crippen molar-refractivity contribution in [2.45, 2.75) is 44.0 Å². The lowest BCUT2D eigenvalue weighted by Gasteiger charge is -2.31. The molecule has 0 spiro atoms. The van der Waals surface area contributed by atoms with Crippen molar-refractivity contribution in [1.29, 1.82) is 0 Å². The van der Waals surface area contributed by atoms with Crippen LogP contribution in [0.5, 0.6) is 0 Å². The number of rotatable bonds is 9. The minimum atomic E-state index is -5.23. The van der Waals surface area contributed by atoms with Gasteiger partial charge in [0.2, 0.25) is 0 Å². The van der Waals surface area contributed by atoms with Gasteiger partial charge in [0, 0.05) is 33.2 Å². The Morgan fingerprint density at radius 1 is 1.10 bits per heavy atom. The summed E-state index contributed by atoms with van der Waals surface area (Å²) < 4.78 is 61.3. The van der Waals surface area contributed by atoms with Gasteiger partial charge < -0.3 is 10.6 Å². The maximum absolute atomic E-state index is 12.6. The molecule has 170 valence electrons. The predicted molar refractivity (Wildman–Crippen MR) is 113 cm³/mol. The van der Waals surface area contributed by atoms with Crippen LogP contribution in [-0.4, -0.2) is 57.4 Å². The van der Waals surface area contributed by atoms with Gasteiger partial charge in [-0.25, -0.2) is 8.42 Å². The summed E-state index contributed by atoms with van der Waals surface area (Å²) in [5, 5.41) is 6.43. The van der Waals surface area contributed by atoms with Crippen molar-refractivity contribution in [1.82, 2.24) is 14.9 Å². The number of nitrogens with one attached hydrogen (secondary N) is 2. The van der Waals surface area contributed by atoms with Crippen molar-refractivity contribution in [3.05, 3.63) is 35.9 Å². The van der Waals surface area contributed by atoms with Gasteiger partial charge in [-0.3, -0.25) is 4.99 Å². The van der Waals surface area contributed by atoms with Crippen LogP contribution in [0.1, 0.15) is 37.7 Å². The highest BCUT2D eigenvalue weighted by molar-refractivity contribution is 7.90. The highest BCUT2D eigenvalue weighted by atomic mass is 32.2. The fourth-order valence-electron chi connectivity index (χ4n) is 3.44. The zero-order valence-electron chi connectivity index (χ0n) is 17.3. The predicted octanol–water partition coefficient (Wildman–Crippen LogP) is 3.13. The molecule has 2 N–H and O–H groups in total. The lowest BCUT2D eigenvalue weighted by atomic mass is 9.98. The Bertz CT molecular complexity index is 762.